The number of hydrogen-bond donors (Lipinski definition) is 0. The molecule has 15 heavy (non-hydrogen) atoms. The lowest BCUT2D eigenvalue weighted by atomic mass is 10.2. The van der Waals surface area contributed by atoms with Crippen molar-refractivity contribution < 1.29 is 0 Å². The Bertz CT molecular complexity index is 534. The van der Waals surface area contributed by atoms with Crippen LogP contribution in [0.2, 0.25) is 5.02 Å². The number of halogens is 1. The minimum Gasteiger partial charge on any atom is -0.275 e. The van der Waals surface area contributed by atoms with Crippen LogP contribution in [-0.2, 0) is 7.05 Å². The smallest absolute Gasteiger partial charge is 0.0646 e. The number of nitrogens with zero attached hydrogens (tertiary/aromatic N) is 3. The molecule has 0 aliphatic heterocycles. The minimum atomic E-state index is 0.591. The predicted octanol–water partition coefficient (Wildman–Crippen LogP) is 1.87. The Balaban J connectivity index is 2.25. The Morgan fingerprint density at radius 1 is 1.20 bits per heavy atom. The van der Waals surface area contributed by atoms with E-state index in [0.717, 1.165) is 11.1 Å². The standard InChI is InChI=1S/C11H8ClN3/c1-15-8-10(6-14-15)3-2-9-4-11(12)7-13-5-9/h4-8H,1H3. The molecule has 0 amide bonds. The summed E-state index contributed by atoms with van der Waals surface area (Å²) >= 11 is 5.78. The number of rotatable bonds is 0. The fourth-order valence-corrected chi connectivity index (χ4v) is 1.28. The van der Waals surface area contributed by atoms with Crippen molar-refractivity contribution in [3.63, 3.8) is 0 Å². The van der Waals surface area contributed by atoms with Crippen molar-refractivity contribution >= 4 is 11.6 Å². The molecular formula is C11H8ClN3. The maximum Gasteiger partial charge on any atom is 0.0646 e. The van der Waals surface area contributed by atoms with Gasteiger partial charge in [0.2, 0.25) is 0 Å². The molecule has 4 heteroatoms. The van der Waals surface area contributed by atoms with Gasteiger partial charge in [-0.25, -0.2) is 0 Å². The Morgan fingerprint density at radius 3 is 2.67 bits per heavy atom. The van der Waals surface area contributed by atoms with Gasteiger partial charge in [-0.3, -0.25) is 9.67 Å². The Morgan fingerprint density at radius 2 is 2.00 bits per heavy atom. The van der Waals surface area contributed by atoms with E-state index in [1.807, 2.05) is 13.2 Å². The third kappa shape index (κ3) is 2.58. The summed E-state index contributed by atoms with van der Waals surface area (Å²) in [5, 5.41) is 4.61. The molecule has 0 radical (unpaired) electrons. The molecule has 0 fully saturated rings. The van der Waals surface area contributed by atoms with Gasteiger partial charge in [-0.1, -0.05) is 23.4 Å². The summed E-state index contributed by atoms with van der Waals surface area (Å²) < 4.78 is 1.71. The van der Waals surface area contributed by atoms with Crippen molar-refractivity contribution in [3.05, 3.63) is 47.0 Å². The van der Waals surface area contributed by atoms with Crippen molar-refractivity contribution in [2.45, 2.75) is 0 Å². The molecule has 0 aromatic carbocycles. The summed E-state index contributed by atoms with van der Waals surface area (Å²) in [7, 11) is 1.85. The van der Waals surface area contributed by atoms with Gasteiger partial charge in [0, 0.05) is 31.2 Å². The molecule has 0 saturated carbocycles. The first kappa shape index (κ1) is 9.75. The van der Waals surface area contributed by atoms with Crippen LogP contribution in [0.25, 0.3) is 0 Å². The zero-order chi connectivity index (χ0) is 10.7. The van der Waals surface area contributed by atoms with Crippen molar-refractivity contribution in [1.29, 1.82) is 0 Å². The molecule has 2 aromatic heterocycles. The van der Waals surface area contributed by atoms with Gasteiger partial charge in [0.15, 0.2) is 0 Å². The van der Waals surface area contributed by atoms with Gasteiger partial charge in [0.1, 0.15) is 0 Å². The monoisotopic (exact) mass is 217 g/mol. The quantitative estimate of drug-likeness (QED) is 0.631. The highest BCUT2D eigenvalue weighted by atomic mass is 35.5. The van der Waals surface area contributed by atoms with Crippen molar-refractivity contribution in [1.82, 2.24) is 14.8 Å². The fraction of sp³-hybridized carbons (Fsp3) is 0.0909. The van der Waals surface area contributed by atoms with Crippen LogP contribution in [0.5, 0.6) is 0 Å². The third-order valence-electron chi connectivity index (χ3n) is 1.76. The van der Waals surface area contributed by atoms with Crippen LogP contribution in [0.1, 0.15) is 11.1 Å². The highest BCUT2D eigenvalue weighted by Gasteiger charge is 1.91. The Labute approximate surface area is 92.7 Å². The molecule has 0 bridgehead atoms. The van der Waals surface area contributed by atoms with Gasteiger partial charge in [-0.05, 0) is 6.07 Å². The highest BCUT2D eigenvalue weighted by Crippen LogP contribution is 2.07. The number of aryl methyl sites for hydroxylation is 1. The molecule has 2 heterocycles. The van der Waals surface area contributed by atoms with Gasteiger partial charge >= 0.3 is 0 Å². The SMILES string of the molecule is Cn1cc(C#Cc2cncc(Cl)c2)cn1. The van der Waals surface area contributed by atoms with E-state index >= 15 is 0 Å². The lowest BCUT2D eigenvalue weighted by Crippen LogP contribution is -1.84. The highest BCUT2D eigenvalue weighted by molar-refractivity contribution is 6.30. The van der Waals surface area contributed by atoms with E-state index in [0.29, 0.717) is 5.02 Å². The Kier molecular flexibility index (Phi) is 2.70. The van der Waals surface area contributed by atoms with Crippen LogP contribution in [-0.4, -0.2) is 14.8 Å². The second kappa shape index (κ2) is 4.16. The molecule has 0 saturated heterocycles. The molecule has 0 aliphatic rings. The van der Waals surface area contributed by atoms with Crippen molar-refractivity contribution in [2.75, 3.05) is 0 Å². The van der Waals surface area contributed by atoms with Crippen LogP contribution < -0.4 is 0 Å². The number of hydrogen-bond acceptors (Lipinski definition) is 2. The third-order valence-corrected chi connectivity index (χ3v) is 1.97. The van der Waals surface area contributed by atoms with Crippen LogP contribution in [0.15, 0.2) is 30.9 Å². The second-order valence-corrected chi connectivity index (χ2v) is 3.48. The normalized spacial score (nSPS) is 9.47. The molecule has 0 aliphatic carbocycles. The van der Waals surface area contributed by atoms with Crippen LogP contribution in [0.4, 0.5) is 0 Å². The molecular weight excluding hydrogens is 210 g/mol. The molecule has 2 rings (SSSR count). The topological polar surface area (TPSA) is 30.7 Å². The van der Waals surface area contributed by atoms with Crippen molar-refractivity contribution in [3.8, 4) is 11.8 Å². The first-order chi connectivity index (χ1) is 7.24. The van der Waals surface area contributed by atoms with E-state index in [4.69, 9.17) is 11.6 Å². The van der Waals surface area contributed by atoms with E-state index in [1.54, 1.807) is 29.3 Å². The molecule has 74 valence electrons. The molecule has 0 N–H and O–H groups in total. The maximum atomic E-state index is 5.78. The molecule has 0 unspecified atom stereocenters. The average molecular weight is 218 g/mol. The molecule has 2 aromatic rings. The van der Waals surface area contributed by atoms with Gasteiger partial charge in [0.05, 0.1) is 16.8 Å². The van der Waals surface area contributed by atoms with Gasteiger partial charge < -0.3 is 0 Å². The summed E-state index contributed by atoms with van der Waals surface area (Å²) in [6.45, 7) is 0. The number of pyridine rings is 1. The molecule has 0 spiro atoms. The van der Waals surface area contributed by atoms with Crippen molar-refractivity contribution in [2.24, 2.45) is 7.05 Å². The van der Waals surface area contributed by atoms with Gasteiger partial charge in [0.25, 0.3) is 0 Å². The second-order valence-electron chi connectivity index (χ2n) is 3.04. The largest absolute Gasteiger partial charge is 0.275 e. The summed E-state index contributed by atoms with van der Waals surface area (Å²) in [4.78, 5) is 3.95. The van der Waals surface area contributed by atoms with Gasteiger partial charge in [-0.2, -0.15) is 5.10 Å². The zero-order valence-electron chi connectivity index (χ0n) is 8.11. The van der Waals surface area contributed by atoms with E-state index in [-0.39, 0.29) is 0 Å². The summed E-state index contributed by atoms with van der Waals surface area (Å²) in [6, 6.07) is 1.78. The van der Waals surface area contributed by atoms with Crippen LogP contribution in [0, 0.1) is 11.8 Å². The summed E-state index contributed by atoms with van der Waals surface area (Å²) in [5.41, 5.74) is 1.67. The van der Waals surface area contributed by atoms with E-state index < -0.39 is 0 Å². The average Bonchev–Trinajstić information content (AvgIpc) is 2.62. The first-order valence-electron chi connectivity index (χ1n) is 4.35. The summed E-state index contributed by atoms with van der Waals surface area (Å²) in [5.74, 6) is 5.94. The Hall–Kier alpha value is -1.79. The zero-order valence-corrected chi connectivity index (χ0v) is 8.86. The summed E-state index contributed by atoms with van der Waals surface area (Å²) in [6.07, 6.45) is 6.82. The molecule has 3 nitrogen and oxygen atoms in total. The minimum absolute atomic E-state index is 0.591. The van der Waals surface area contributed by atoms with Crippen LogP contribution >= 0.6 is 11.6 Å². The van der Waals surface area contributed by atoms with E-state index in [1.165, 1.54) is 0 Å². The van der Waals surface area contributed by atoms with E-state index in [2.05, 4.69) is 21.9 Å². The maximum absolute atomic E-state index is 5.78. The lowest BCUT2D eigenvalue weighted by Gasteiger charge is -1.89. The lowest BCUT2D eigenvalue weighted by molar-refractivity contribution is 0.767. The fourth-order valence-electron chi connectivity index (χ4n) is 1.11. The predicted molar refractivity (Wildman–Crippen MR) is 58.4 cm³/mol. The number of aromatic nitrogens is 3. The van der Waals surface area contributed by atoms with Crippen LogP contribution in [0.3, 0.4) is 0 Å². The molecule has 0 atom stereocenters. The van der Waals surface area contributed by atoms with Gasteiger partial charge in [-0.15, -0.1) is 0 Å². The first-order valence-corrected chi connectivity index (χ1v) is 4.73. The van der Waals surface area contributed by atoms with E-state index in [9.17, 15) is 0 Å².